The summed E-state index contributed by atoms with van der Waals surface area (Å²) in [6, 6.07) is 5.74. The number of carbonyl (C=O) groups excluding carboxylic acids is 1. The summed E-state index contributed by atoms with van der Waals surface area (Å²) in [6.07, 6.45) is 5.18. The van der Waals surface area contributed by atoms with E-state index in [2.05, 4.69) is 10.3 Å². The van der Waals surface area contributed by atoms with E-state index in [1.165, 1.54) is 12.8 Å². The van der Waals surface area contributed by atoms with Crippen molar-refractivity contribution in [2.75, 3.05) is 6.54 Å². The Hall–Kier alpha value is -2.08. The van der Waals surface area contributed by atoms with Crippen LogP contribution in [0.5, 0.6) is 0 Å². The lowest BCUT2D eigenvalue weighted by atomic mass is 10.1. The summed E-state index contributed by atoms with van der Waals surface area (Å²) >= 11 is 0. The van der Waals surface area contributed by atoms with E-state index in [1.54, 1.807) is 12.1 Å². The van der Waals surface area contributed by atoms with Crippen LogP contribution in [0.1, 0.15) is 55.4 Å². The zero-order valence-electron chi connectivity index (χ0n) is 13.5. The van der Waals surface area contributed by atoms with Gasteiger partial charge in [-0.1, -0.05) is 12.8 Å². The molecule has 1 heterocycles. The lowest BCUT2D eigenvalue weighted by Gasteiger charge is -2.11. The molecule has 1 aromatic heterocycles. The van der Waals surface area contributed by atoms with Crippen molar-refractivity contribution in [2.45, 2.75) is 51.1 Å². The summed E-state index contributed by atoms with van der Waals surface area (Å²) in [5.41, 5.74) is 7.76. The van der Waals surface area contributed by atoms with Gasteiger partial charge in [0.05, 0.1) is 11.0 Å². The molecule has 6 nitrogen and oxygen atoms in total. The third-order valence-electron chi connectivity index (χ3n) is 4.55. The molecule has 0 aliphatic heterocycles. The Labute approximate surface area is 135 Å². The Balaban J connectivity index is 1.82. The summed E-state index contributed by atoms with van der Waals surface area (Å²) in [5, 5.41) is 2.85. The lowest BCUT2D eigenvalue weighted by molar-refractivity contribution is 0.0953. The average molecular weight is 316 g/mol. The smallest absolute Gasteiger partial charge is 0.326 e. The highest BCUT2D eigenvalue weighted by atomic mass is 16.2. The monoisotopic (exact) mass is 316 g/mol. The summed E-state index contributed by atoms with van der Waals surface area (Å²) < 4.78 is 1.85. The van der Waals surface area contributed by atoms with Crippen molar-refractivity contribution in [3.05, 3.63) is 34.2 Å². The fourth-order valence-corrected chi connectivity index (χ4v) is 3.31. The van der Waals surface area contributed by atoms with Crippen LogP contribution in [0.3, 0.4) is 0 Å². The molecule has 1 atom stereocenters. The van der Waals surface area contributed by atoms with Crippen LogP contribution in [-0.2, 0) is 0 Å². The van der Waals surface area contributed by atoms with E-state index in [4.69, 9.17) is 5.73 Å². The summed E-state index contributed by atoms with van der Waals surface area (Å²) in [4.78, 5) is 27.3. The number of carbonyl (C=O) groups is 1. The van der Waals surface area contributed by atoms with E-state index in [1.807, 2.05) is 17.6 Å². The number of rotatable bonds is 5. The third-order valence-corrected chi connectivity index (χ3v) is 4.55. The molecule has 3 rings (SSSR count). The largest absolute Gasteiger partial charge is 0.352 e. The van der Waals surface area contributed by atoms with Crippen LogP contribution in [0, 0.1) is 0 Å². The van der Waals surface area contributed by atoms with Crippen LogP contribution in [0.4, 0.5) is 0 Å². The highest BCUT2D eigenvalue weighted by molar-refractivity contribution is 5.97. The average Bonchev–Trinajstić information content (AvgIpc) is 3.12. The van der Waals surface area contributed by atoms with Crippen molar-refractivity contribution < 1.29 is 4.79 Å². The molecule has 1 saturated carbocycles. The molecule has 1 aliphatic rings. The minimum atomic E-state index is -0.137. The first-order valence-electron chi connectivity index (χ1n) is 8.34. The molecular weight excluding hydrogens is 292 g/mol. The molecule has 1 fully saturated rings. The predicted octanol–water partition coefficient (Wildman–Crippen LogP) is 1.91. The van der Waals surface area contributed by atoms with Crippen molar-refractivity contribution in [3.63, 3.8) is 0 Å². The molecule has 1 amide bonds. The van der Waals surface area contributed by atoms with Crippen LogP contribution >= 0.6 is 0 Å². The molecule has 1 unspecified atom stereocenters. The van der Waals surface area contributed by atoms with Gasteiger partial charge in [-0.3, -0.25) is 9.36 Å². The van der Waals surface area contributed by atoms with Gasteiger partial charge in [0, 0.05) is 24.2 Å². The van der Waals surface area contributed by atoms with Crippen molar-refractivity contribution in [1.82, 2.24) is 14.9 Å². The normalized spacial score (nSPS) is 16.8. The van der Waals surface area contributed by atoms with E-state index in [-0.39, 0.29) is 23.7 Å². The number of fused-ring (bicyclic) bond motifs is 1. The number of benzene rings is 1. The Morgan fingerprint density at radius 1 is 1.43 bits per heavy atom. The molecule has 0 radical (unpaired) electrons. The molecule has 124 valence electrons. The van der Waals surface area contributed by atoms with E-state index < -0.39 is 0 Å². The summed E-state index contributed by atoms with van der Waals surface area (Å²) in [7, 11) is 0. The summed E-state index contributed by atoms with van der Waals surface area (Å²) in [6.45, 7) is 2.46. The predicted molar refractivity (Wildman–Crippen MR) is 90.7 cm³/mol. The maximum Gasteiger partial charge on any atom is 0.326 e. The van der Waals surface area contributed by atoms with E-state index in [9.17, 15) is 9.59 Å². The second-order valence-electron chi connectivity index (χ2n) is 6.49. The highest BCUT2D eigenvalue weighted by Crippen LogP contribution is 2.30. The van der Waals surface area contributed by atoms with Crippen molar-refractivity contribution >= 4 is 16.9 Å². The number of hydrogen-bond acceptors (Lipinski definition) is 3. The van der Waals surface area contributed by atoms with Gasteiger partial charge in [-0.2, -0.15) is 0 Å². The Kier molecular flexibility index (Phi) is 4.52. The molecule has 23 heavy (non-hydrogen) atoms. The van der Waals surface area contributed by atoms with Crippen molar-refractivity contribution in [3.8, 4) is 0 Å². The molecule has 1 aromatic carbocycles. The second-order valence-corrected chi connectivity index (χ2v) is 6.49. The third kappa shape index (κ3) is 3.32. The topological polar surface area (TPSA) is 92.9 Å². The van der Waals surface area contributed by atoms with Gasteiger partial charge in [-0.05, 0) is 44.4 Å². The zero-order valence-corrected chi connectivity index (χ0v) is 13.5. The lowest BCUT2D eigenvalue weighted by Crippen LogP contribution is -2.28. The molecule has 6 heteroatoms. The van der Waals surface area contributed by atoms with E-state index in [0.717, 1.165) is 30.3 Å². The van der Waals surface area contributed by atoms with Gasteiger partial charge in [0.1, 0.15) is 0 Å². The molecule has 2 aromatic rings. The number of nitrogens with two attached hydrogens (primary N) is 1. The summed E-state index contributed by atoms with van der Waals surface area (Å²) in [5.74, 6) is -0.137. The number of amides is 1. The number of imidazole rings is 1. The Bertz CT molecular complexity index is 754. The van der Waals surface area contributed by atoms with E-state index in [0.29, 0.717) is 12.1 Å². The standard InChI is InChI=1S/C17H24N4O2/c1-11(18)8-9-19-16(22)12-6-7-15-14(10-12)20-17(23)21(15)13-4-2-3-5-13/h6-7,10-11,13H,2-5,8-9,18H2,1H3,(H,19,22)(H,20,23). The Morgan fingerprint density at radius 2 is 2.17 bits per heavy atom. The first-order chi connectivity index (χ1) is 11.1. The molecule has 0 bridgehead atoms. The Morgan fingerprint density at radius 3 is 2.87 bits per heavy atom. The minimum absolute atomic E-state index is 0.0644. The number of nitrogens with one attached hydrogen (secondary N) is 2. The number of nitrogens with zero attached hydrogens (tertiary/aromatic N) is 1. The molecule has 1 aliphatic carbocycles. The quantitative estimate of drug-likeness (QED) is 0.786. The SMILES string of the molecule is CC(N)CCNC(=O)c1ccc2c(c1)[nH]c(=O)n2C1CCCC1. The fraction of sp³-hybridized carbons (Fsp3) is 0.529. The van der Waals surface area contributed by atoms with Gasteiger partial charge in [-0.15, -0.1) is 0 Å². The number of H-pyrrole nitrogens is 1. The van der Waals surface area contributed by atoms with Gasteiger partial charge >= 0.3 is 5.69 Å². The first-order valence-corrected chi connectivity index (χ1v) is 8.34. The number of aromatic amines is 1. The minimum Gasteiger partial charge on any atom is -0.352 e. The molecule has 0 saturated heterocycles. The van der Waals surface area contributed by atoms with Crippen molar-refractivity contribution in [2.24, 2.45) is 5.73 Å². The van der Waals surface area contributed by atoms with Gasteiger partial charge in [0.2, 0.25) is 0 Å². The maximum absolute atomic E-state index is 12.2. The molecular formula is C17H24N4O2. The number of hydrogen-bond donors (Lipinski definition) is 3. The van der Waals surface area contributed by atoms with Gasteiger partial charge in [-0.25, -0.2) is 4.79 Å². The molecule has 4 N–H and O–H groups in total. The maximum atomic E-state index is 12.2. The van der Waals surface area contributed by atoms with Crippen molar-refractivity contribution in [1.29, 1.82) is 0 Å². The number of aromatic nitrogens is 2. The fourth-order valence-electron chi connectivity index (χ4n) is 3.31. The van der Waals surface area contributed by atoms with Gasteiger partial charge in [0.25, 0.3) is 5.91 Å². The second kappa shape index (κ2) is 6.58. The molecule has 0 spiro atoms. The van der Waals surface area contributed by atoms with Gasteiger partial charge < -0.3 is 16.0 Å². The van der Waals surface area contributed by atoms with Crippen LogP contribution in [0.2, 0.25) is 0 Å². The van der Waals surface area contributed by atoms with Crippen LogP contribution < -0.4 is 16.7 Å². The first kappa shape index (κ1) is 15.8. The van der Waals surface area contributed by atoms with Gasteiger partial charge in [0.15, 0.2) is 0 Å². The highest BCUT2D eigenvalue weighted by Gasteiger charge is 2.21. The zero-order chi connectivity index (χ0) is 16.4. The van der Waals surface area contributed by atoms with E-state index >= 15 is 0 Å². The van der Waals surface area contributed by atoms with Crippen LogP contribution in [0.25, 0.3) is 11.0 Å². The van der Waals surface area contributed by atoms with Crippen LogP contribution in [0.15, 0.2) is 23.0 Å². The van der Waals surface area contributed by atoms with Crippen LogP contribution in [-0.4, -0.2) is 28.0 Å².